The van der Waals surface area contributed by atoms with Crippen LogP contribution in [0.5, 0.6) is 0 Å². The molecule has 2 aliphatic heterocycles. The summed E-state index contributed by atoms with van der Waals surface area (Å²) >= 11 is 1.34. The van der Waals surface area contributed by atoms with Crippen LogP contribution in [-0.2, 0) is 29.1 Å². The smallest absolute Gasteiger partial charge is 0.259 e. The van der Waals surface area contributed by atoms with E-state index >= 15 is 0 Å². The van der Waals surface area contributed by atoms with Crippen molar-refractivity contribution < 1.29 is 31.9 Å². The summed E-state index contributed by atoms with van der Waals surface area (Å²) in [6, 6.07) is 4.60. The minimum Gasteiger partial charge on any atom is -0.381 e. The number of carbonyl (C=O) groups is 3. The van der Waals surface area contributed by atoms with Crippen molar-refractivity contribution in [3.05, 3.63) is 35.5 Å². The van der Waals surface area contributed by atoms with Crippen LogP contribution in [0.25, 0.3) is 11.3 Å². The third-order valence-electron chi connectivity index (χ3n) is 8.76. The van der Waals surface area contributed by atoms with Gasteiger partial charge in [0.25, 0.3) is 5.91 Å². The molecule has 2 aromatic rings. The number of benzene rings is 1. The van der Waals surface area contributed by atoms with Crippen LogP contribution >= 0.6 is 11.3 Å². The second-order valence-corrected chi connectivity index (χ2v) is 14.7. The van der Waals surface area contributed by atoms with Gasteiger partial charge in [0.15, 0.2) is 5.13 Å². The van der Waals surface area contributed by atoms with E-state index in [9.17, 15) is 27.2 Å². The highest BCUT2D eigenvalue weighted by Crippen LogP contribution is 2.47. The maximum Gasteiger partial charge on any atom is 0.259 e. The molecule has 1 aromatic heterocycles. The number of nitrogens with zero attached hydrogens (tertiary/aromatic N) is 2. The molecule has 3 heterocycles. The molecule has 4 aliphatic rings. The van der Waals surface area contributed by atoms with Gasteiger partial charge in [-0.15, -0.1) is 11.3 Å². The number of nitrogens with one attached hydrogen (secondary N) is 3. The van der Waals surface area contributed by atoms with E-state index in [1.54, 1.807) is 17.0 Å². The van der Waals surface area contributed by atoms with E-state index in [1.165, 1.54) is 23.5 Å². The number of amides is 3. The van der Waals surface area contributed by atoms with Gasteiger partial charge >= 0.3 is 0 Å². The summed E-state index contributed by atoms with van der Waals surface area (Å²) in [5, 5.41) is 7.96. The molecule has 14 heteroatoms. The van der Waals surface area contributed by atoms with Crippen molar-refractivity contribution in [1.29, 1.82) is 0 Å². The Kier molecular flexibility index (Phi) is 8.44. The third-order valence-corrected chi connectivity index (χ3v) is 11.3. The summed E-state index contributed by atoms with van der Waals surface area (Å²) in [6.45, 7) is 1.29. The van der Waals surface area contributed by atoms with Gasteiger partial charge in [0.05, 0.1) is 10.9 Å². The quantitative estimate of drug-likeness (QED) is 0.440. The van der Waals surface area contributed by atoms with Crippen molar-refractivity contribution in [1.82, 2.24) is 19.9 Å². The van der Waals surface area contributed by atoms with Gasteiger partial charge in [-0.2, -0.15) is 0 Å². The summed E-state index contributed by atoms with van der Waals surface area (Å²) in [7, 11) is -3.78. The second-order valence-electron chi connectivity index (χ2n) is 11.9. The lowest BCUT2D eigenvalue weighted by Gasteiger charge is -2.30. The molecule has 2 aliphatic carbocycles. The van der Waals surface area contributed by atoms with E-state index in [0.717, 1.165) is 5.56 Å². The van der Waals surface area contributed by atoms with E-state index in [2.05, 4.69) is 20.3 Å². The Balaban J connectivity index is 1.20. The predicted molar refractivity (Wildman–Crippen MR) is 158 cm³/mol. The Morgan fingerprint density at radius 2 is 1.81 bits per heavy atom. The highest BCUT2D eigenvalue weighted by molar-refractivity contribution is 7.91. The van der Waals surface area contributed by atoms with E-state index in [4.69, 9.17) is 4.74 Å². The molecular weight excluding hydrogens is 597 g/mol. The van der Waals surface area contributed by atoms with Crippen LogP contribution < -0.4 is 15.4 Å². The number of hydrogen-bond acceptors (Lipinski definition) is 9. The van der Waals surface area contributed by atoms with Crippen LogP contribution in [0.2, 0.25) is 0 Å². The Morgan fingerprint density at radius 1 is 1.07 bits per heavy atom. The normalized spacial score (nSPS) is 28.6. The largest absolute Gasteiger partial charge is 0.381 e. The van der Waals surface area contributed by atoms with Crippen molar-refractivity contribution in [2.45, 2.75) is 80.7 Å². The fraction of sp³-hybridized carbons (Fsp3) is 0.586. The second kappa shape index (κ2) is 12.1. The van der Waals surface area contributed by atoms with Gasteiger partial charge in [0.1, 0.15) is 23.4 Å². The summed E-state index contributed by atoms with van der Waals surface area (Å²) in [6.07, 6.45) is 4.80. The molecule has 11 nitrogen and oxygen atoms in total. The molecule has 232 valence electrons. The first-order chi connectivity index (χ1) is 20.7. The first kappa shape index (κ1) is 29.9. The zero-order chi connectivity index (χ0) is 30.2. The molecule has 2 saturated carbocycles. The molecule has 4 atom stereocenters. The minimum atomic E-state index is -3.78. The zero-order valence-electron chi connectivity index (χ0n) is 23.7. The minimum absolute atomic E-state index is 0.209. The van der Waals surface area contributed by atoms with Gasteiger partial charge in [0, 0.05) is 30.7 Å². The highest BCUT2D eigenvalue weighted by Gasteiger charge is 2.62. The molecule has 1 aromatic carbocycles. The Morgan fingerprint density at radius 3 is 2.56 bits per heavy atom. The zero-order valence-corrected chi connectivity index (χ0v) is 25.4. The number of fused-ring (bicyclic) bond motifs is 2. The van der Waals surface area contributed by atoms with Gasteiger partial charge in [-0.25, -0.2) is 17.8 Å². The van der Waals surface area contributed by atoms with Crippen molar-refractivity contribution in [2.75, 3.05) is 25.1 Å². The Hall–Kier alpha value is -3.10. The average Bonchev–Trinajstić information content (AvgIpc) is 3.84. The van der Waals surface area contributed by atoms with Gasteiger partial charge in [-0.1, -0.05) is 0 Å². The van der Waals surface area contributed by atoms with Gasteiger partial charge in [-0.05, 0) is 88.0 Å². The van der Waals surface area contributed by atoms with Crippen LogP contribution in [0.4, 0.5) is 9.52 Å². The summed E-state index contributed by atoms with van der Waals surface area (Å²) in [5.74, 6) is -1.92. The highest BCUT2D eigenvalue weighted by atomic mass is 32.2. The number of hydrogen-bond donors (Lipinski definition) is 3. The number of anilines is 1. The van der Waals surface area contributed by atoms with Crippen LogP contribution in [0.3, 0.4) is 0 Å². The van der Waals surface area contributed by atoms with Crippen molar-refractivity contribution >= 4 is 44.2 Å². The monoisotopic (exact) mass is 633 g/mol. The summed E-state index contributed by atoms with van der Waals surface area (Å²) in [5.41, 5.74) is 0.0985. The number of carbonyl (C=O) groups excluding carboxylic acids is 3. The lowest BCUT2D eigenvalue weighted by molar-refractivity contribution is -0.140. The standard InChI is InChI=1S/C29H36FN5O6S2/c30-20-9-7-18(8-10-20)23-17-42-28(32-23)31-22-5-3-15-41-14-2-4-19-16-29(19,27(38)34-43(39,40)21-11-12-21)33-25(36)24-6-1-13-35(24)26(22)37/h7-10,17,19,21-22,24H,1-6,11-16H2,(H,31,32)(H,33,36)(H,34,38). The van der Waals surface area contributed by atoms with Crippen LogP contribution in [0, 0.1) is 11.7 Å². The molecule has 3 amide bonds. The molecule has 4 fully saturated rings. The van der Waals surface area contributed by atoms with E-state index in [-0.39, 0.29) is 17.6 Å². The molecule has 4 unspecified atom stereocenters. The topological polar surface area (TPSA) is 147 Å². The van der Waals surface area contributed by atoms with Crippen molar-refractivity contribution in [3.8, 4) is 11.3 Å². The van der Waals surface area contributed by atoms with E-state index < -0.39 is 44.7 Å². The Bertz CT molecular complexity index is 1480. The van der Waals surface area contributed by atoms with Crippen molar-refractivity contribution in [2.24, 2.45) is 5.92 Å². The predicted octanol–water partition coefficient (Wildman–Crippen LogP) is 2.79. The SMILES string of the molecule is O=C1NC2(C(=O)NS(=O)(=O)C3CC3)CC2CCCOCCCC(Nc2nc(-c3ccc(F)cc3)cs2)C(=O)N2CCCC12. The molecule has 6 rings (SSSR count). The molecular formula is C29H36FN5O6S2. The average molecular weight is 634 g/mol. The molecule has 0 radical (unpaired) electrons. The number of aromatic nitrogens is 1. The summed E-state index contributed by atoms with van der Waals surface area (Å²) in [4.78, 5) is 47.1. The number of thiazole rings is 1. The Labute approximate surface area is 254 Å². The maximum absolute atomic E-state index is 13.9. The fourth-order valence-corrected chi connectivity index (χ4v) is 8.21. The first-order valence-corrected chi connectivity index (χ1v) is 17.3. The number of ether oxygens (including phenoxy) is 1. The number of sulfonamides is 1. The van der Waals surface area contributed by atoms with Crippen molar-refractivity contribution in [3.63, 3.8) is 0 Å². The lowest BCUT2D eigenvalue weighted by Crippen LogP contribution is -2.57. The lowest BCUT2D eigenvalue weighted by atomic mass is 10.1. The van der Waals surface area contributed by atoms with Gasteiger partial charge in [-0.3, -0.25) is 19.1 Å². The summed E-state index contributed by atoms with van der Waals surface area (Å²) < 4.78 is 46.5. The maximum atomic E-state index is 13.9. The van der Waals surface area contributed by atoms with E-state index in [1.807, 2.05) is 5.38 Å². The first-order valence-electron chi connectivity index (χ1n) is 14.9. The van der Waals surface area contributed by atoms with Crippen LogP contribution in [0.15, 0.2) is 29.6 Å². The molecule has 3 N–H and O–H groups in total. The van der Waals surface area contributed by atoms with Gasteiger partial charge in [0.2, 0.25) is 21.8 Å². The number of halogens is 1. The van der Waals surface area contributed by atoms with Gasteiger partial charge < -0.3 is 20.3 Å². The van der Waals surface area contributed by atoms with Crippen LogP contribution in [0.1, 0.15) is 57.8 Å². The van der Waals surface area contributed by atoms with Crippen LogP contribution in [-0.4, -0.2) is 78.7 Å². The number of rotatable bonds is 6. The molecule has 0 bridgehead atoms. The third kappa shape index (κ3) is 6.55. The van der Waals surface area contributed by atoms with E-state index in [0.29, 0.717) is 88.4 Å². The molecule has 43 heavy (non-hydrogen) atoms. The fourth-order valence-electron chi connectivity index (χ4n) is 6.08. The molecule has 2 saturated heterocycles. The molecule has 0 spiro atoms.